The minimum atomic E-state index is 0.806. The molecule has 0 unspecified atom stereocenters. The molecule has 0 bridgehead atoms. The van der Waals surface area contributed by atoms with Crippen LogP contribution in [0.1, 0.15) is 11.3 Å². The van der Waals surface area contributed by atoms with Crippen molar-refractivity contribution in [3.63, 3.8) is 0 Å². The van der Waals surface area contributed by atoms with E-state index >= 15 is 0 Å². The van der Waals surface area contributed by atoms with Crippen molar-refractivity contribution < 1.29 is 0 Å². The summed E-state index contributed by atoms with van der Waals surface area (Å²) in [5.41, 5.74) is 4.99. The molecule has 0 amide bonds. The molecule has 0 aliphatic carbocycles. The predicted molar refractivity (Wildman–Crippen MR) is 89.7 cm³/mol. The summed E-state index contributed by atoms with van der Waals surface area (Å²) in [6.45, 7) is 1.96. The zero-order chi connectivity index (χ0) is 13.9. The number of hydrogen-bond acceptors (Lipinski definition) is 4. The molecule has 0 saturated heterocycles. The van der Waals surface area contributed by atoms with Gasteiger partial charge in [0.25, 0.3) is 0 Å². The van der Waals surface area contributed by atoms with E-state index in [1.807, 2.05) is 30.5 Å². The Bertz CT molecular complexity index is 780. The Balaban J connectivity index is 1.82. The summed E-state index contributed by atoms with van der Waals surface area (Å²) in [5, 5.41) is 9.41. The zero-order valence-corrected chi connectivity index (χ0v) is 13.2. The van der Waals surface area contributed by atoms with Gasteiger partial charge in [0.1, 0.15) is 0 Å². The second-order valence-corrected chi connectivity index (χ2v) is 6.10. The Morgan fingerprint density at radius 2 is 2.20 bits per heavy atom. The predicted octanol–water partition coefficient (Wildman–Crippen LogP) is 4.81. The molecule has 0 fully saturated rings. The van der Waals surface area contributed by atoms with Crippen LogP contribution in [0.4, 0.5) is 5.13 Å². The molecule has 3 aromatic rings. The van der Waals surface area contributed by atoms with Crippen molar-refractivity contribution in [1.82, 2.24) is 4.98 Å². The number of benzene rings is 2. The van der Waals surface area contributed by atoms with Crippen molar-refractivity contribution in [2.24, 2.45) is 5.10 Å². The number of aromatic nitrogens is 1. The summed E-state index contributed by atoms with van der Waals surface area (Å²) in [6.07, 6.45) is 1.80. The van der Waals surface area contributed by atoms with Gasteiger partial charge in [-0.2, -0.15) is 5.10 Å². The fraction of sp³-hybridized carbons (Fsp3) is 0.0667. The molecule has 100 valence electrons. The van der Waals surface area contributed by atoms with Gasteiger partial charge in [0.15, 0.2) is 0 Å². The van der Waals surface area contributed by atoms with Crippen LogP contribution in [0.3, 0.4) is 0 Å². The van der Waals surface area contributed by atoms with Crippen LogP contribution in [0.15, 0.2) is 51.4 Å². The van der Waals surface area contributed by atoms with Crippen LogP contribution in [-0.4, -0.2) is 11.2 Å². The normalized spacial score (nSPS) is 11.3. The highest BCUT2D eigenvalue weighted by molar-refractivity contribution is 9.10. The Kier molecular flexibility index (Phi) is 3.80. The maximum absolute atomic E-state index is 4.29. The van der Waals surface area contributed by atoms with Crippen molar-refractivity contribution in [3.05, 3.63) is 57.5 Å². The number of fused-ring (bicyclic) bond motifs is 1. The van der Waals surface area contributed by atoms with Crippen molar-refractivity contribution in [2.45, 2.75) is 6.92 Å². The Hall–Kier alpha value is -1.72. The van der Waals surface area contributed by atoms with E-state index in [0.717, 1.165) is 20.9 Å². The quantitative estimate of drug-likeness (QED) is 0.546. The van der Waals surface area contributed by atoms with Gasteiger partial charge in [-0.15, -0.1) is 11.3 Å². The van der Waals surface area contributed by atoms with Gasteiger partial charge in [-0.1, -0.05) is 40.2 Å². The molecule has 0 spiro atoms. The van der Waals surface area contributed by atoms with Gasteiger partial charge in [0, 0.05) is 9.85 Å². The number of halogens is 1. The average Bonchev–Trinajstić information content (AvgIpc) is 2.85. The molecule has 1 aromatic heterocycles. The number of nitrogens with one attached hydrogen (secondary N) is 1. The van der Waals surface area contributed by atoms with Crippen LogP contribution in [0, 0.1) is 6.92 Å². The van der Waals surface area contributed by atoms with Gasteiger partial charge in [-0.3, -0.25) is 5.43 Å². The number of hydrazone groups is 1. The molecule has 2 aromatic carbocycles. The van der Waals surface area contributed by atoms with Crippen molar-refractivity contribution in [1.29, 1.82) is 0 Å². The maximum Gasteiger partial charge on any atom is 0.203 e. The monoisotopic (exact) mass is 345 g/mol. The van der Waals surface area contributed by atoms with Gasteiger partial charge in [-0.05, 0) is 35.4 Å². The van der Waals surface area contributed by atoms with Crippen LogP contribution in [0.2, 0.25) is 0 Å². The maximum atomic E-state index is 4.29. The van der Waals surface area contributed by atoms with E-state index in [0.29, 0.717) is 0 Å². The molecule has 0 aliphatic heterocycles. The molecule has 20 heavy (non-hydrogen) atoms. The standard InChI is InChI=1S/C15H12BrN3S/c1-10-9-20-15(18-10)19-17-8-11-5-6-12-3-2-4-14(16)13(12)7-11/h2-9H,1H3,(H,18,19). The van der Waals surface area contributed by atoms with Crippen LogP contribution < -0.4 is 5.43 Å². The van der Waals surface area contributed by atoms with E-state index in [1.54, 1.807) is 17.6 Å². The van der Waals surface area contributed by atoms with Crippen LogP contribution in [0.25, 0.3) is 10.8 Å². The highest BCUT2D eigenvalue weighted by Gasteiger charge is 1.99. The molecule has 0 saturated carbocycles. The summed E-state index contributed by atoms with van der Waals surface area (Å²) >= 11 is 5.12. The molecule has 0 aliphatic rings. The third-order valence-electron chi connectivity index (χ3n) is 2.85. The zero-order valence-electron chi connectivity index (χ0n) is 10.8. The highest BCUT2D eigenvalue weighted by Crippen LogP contribution is 2.24. The molecule has 0 radical (unpaired) electrons. The third-order valence-corrected chi connectivity index (χ3v) is 4.40. The summed E-state index contributed by atoms with van der Waals surface area (Å²) in [6, 6.07) is 12.4. The first kappa shape index (κ1) is 13.3. The minimum absolute atomic E-state index is 0.806. The number of hydrogen-bond donors (Lipinski definition) is 1. The van der Waals surface area contributed by atoms with Crippen molar-refractivity contribution in [3.8, 4) is 0 Å². The van der Waals surface area contributed by atoms with Gasteiger partial charge in [0.2, 0.25) is 5.13 Å². The largest absolute Gasteiger partial charge is 0.253 e. The van der Waals surface area contributed by atoms with Gasteiger partial charge >= 0.3 is 0 Å². The lowest BCUT2D eigenvalue weighted by atomic mass is 10.1. The Morgan fingerprint density at radius 1 is 1.30 bits per heavy atom. The van der Waals surface area contributed by atoms with Crippen LogP contribution in [-0.2, 0) is 0 Å². The minimum Gasteiger partial charge on any atom is -0.253 e. The summed E-state index contributed by atoms with van der Waals surface area (Å²) in [4.78, 5) is 4.29. The molecule has 1 heterocycles. The Morgan fingerprint density at radius 3 is 3.00 bits per heavy atom. The molecule has 1 N–H and O–H groups in total. The smallest absolute Gasteiger partial charge is 0.203 e. The first-order valence-electron chi connectivity index (χ1n) is 6.12. The molecule has 5 heteroatoms. The number of nitrogens with zero attached hydrogens (tertiary/aromatic N) is 2. The first-order chi connectivity index (χ1) is 9.72. The van der Waals surface area contributed by atoms with E-state index in [-0.39, 0.29) is 0 Å². The molecular formula is C15H12BrN3S. The van der Waals surface area contributed by atoms with E-state index in [1.165, 1.54) is 10.8 Å². The molecule has 3 rings (SSSR count). The number of anilines is 1. The topological polar surface area (TPSA) is 37.3 Å². The lowest BCUT2D eigenvalue weighted by Crippen LogP contribution is -1.90. The summed E-state index contributed by atoms with van der Waals surface area (Å²) in [5.74, 6) is 0. The van der Waals surface area contributed by atoms with Crippen molar-refractivity contribution in [2.75, 3.05) is 5.43 Å². The number of rotatable bonds is 3. The molecule has 0 atom stereocenters. The van der Waals surface area contributed by atoms with E-state index in [4.69, 9.17) is 0 Å². The lowest BCUT2D eigenvalue weighted by Gasteiger charge is -2.01. The summed E-state index contributed by atoms with van der Waals surface area (Å²) < 4.78 is 1.09. The summed E-state index contributed by atoms with van der Waals surface area (Å²) in [7, 11) is 0. The lowest BCUT2D eigenvalue weighted by molar-refractivity contribution is 1.22. The fourth-order valence-electron chi connectivity index (χ4n) is 1.90. The van der Waals surface area contributed by atoms with Crippen LogP contribution >= 0.6 is 27.3 Å². The van der Waals surface area contributed by atoms with Crippen molar-refractivity contribution >= 4 is 49.4 Å². The van der Waals surface area contributed by atoms with E-state index in [2.05, 4.69) is 49.6 Å². The first-order valence-corrected chi connectivity index (χ1v) is 7.79. The number of aryl methyl sites for hydroxylation is 1. The third kappa shape index (κ3) is 2.89. The van der Waals surface area contributed by atoms with E-state index in [9.17, 15) is 0 Å². The van der Waals surface area contributed by atoms with Gasteiger partial charge < -0.3 is 0 Å². The second-order valence-electron chi connectivity index (χ2n) is 4.38. The molecular weight excluding hydrogens is 334 g/mol. The fourth-order valence-corrected chi connectivity index (χ4v) is 3.03. The van der Waals surface area contributed by atoms with Crippen LogP contribution in [0.5, 0.6) is 0 Å². The highest BCUT2D eigenvalue weighted by atomic mass is 79.9. The number of thiazole rings is 1. The Labute approximate surface area is 129 Å². The molecule has 3 nitrogen and oxygen atoms in total. The SMILES string of the molecule is Cc1csc(NN=Cc2ccc3cccc(Br)c3c2)n1. The average molecular weight is 346 g/mol. The van der Waals surface area contributed by atoms with Gasteiger partial charge in [0.05, 0.1) is 11.9 Å². The second kappa shape index (κ2) is 5.73. The van der Waals surface area contributed by atoms with E-state index < -0.39 is 0 Å². The van der Waals surface area contributed by atoms with Gasteiger partial charge in [-0.25, -0.2) is 4.98 Å².